The minimum absolute atomic E-state index is 0.0252. The highest BCUT2D eigenvalue weighted by molar-refractivity contribution is 7.89. The average Bonchev–Trinajstić information content (AvgIpc) is 3.31. The topological polar surface area (TPSA) is 99.1 Å². The van der Waals surface area contributed by atoms with Crippen LogP contribution >= 0.6 is 22.9 Å². The van der Waals surface area contributed by atoms with E-state index in [1.165, 1.54) is 0 Å². The summed E-state index contributed by atoms with van der Waals surface area (Å²) < 4.78 is 34.0. The van der Waals surface area contributed by atoms with Crippen molar-refractivity contribution in [2.24, 2.45) is 0 Å². The summed E-state index contributed by atoms with van der Waals surface area (Å²) >= 11 is 7.51. The number of benzene rings is 1. The van der Waals surface area contributed by atoms with Crippen LogP contribution in [0.4, 0.5) is 11.5 Å². The minimum atomic E-state index is -3.27. The molecule has 200 valence electrons. The second-order valence-corrected chi connectivity index (χ2v) is 12.9. The Hall–Kier alpha value is -2.18. The molecule has 0 saturated carbocycles. The number of aromatic nitrogens is 2. The lowest BCUT2D eigenvalue weighted by molar-refractivity contribution is 0.170. The second kappa shape index (κ2) is 11.7. The molecule has 0 amide bonds. The van der Waals surface area contributed by atoms with Gasteiger partial charge in [0.2, 0.25) is 10.0 Å². The van der Waals surface area contributed by atoms with Gasteiger partial charge in [-0.3, -0.25) is 0 Å². The normalized spacial score (nSPS) is 18.0. The summed E-state index contributed by atoms with van der Waals surface area (Å²) in [5, 5.41) is 10.2. The van der Waals surface area contributed by atoms with Crippen LogP contribution in [-0.2, 0) is 10.0 Å². The zero-order valence-electron chi connectivity index (χ0n) is 20.6. The number of sulfonamides is 1. The van der Waals surface area contributed by atoms with Gasteiger partial charge in [0.05, 0.1) is 21.0 Å². The van der Waals surface area contributed by atoms with Crippen LogP contribution in [0.2, 0.25) is 5.02 Å². The molecule has 0 spiro atoms. The van der Waals surface area contributed by atoms with Gasteiger partial charge >= 0.3 is 0 Å². The Morgan fingerprint density at radius 1 is 1.03 bits per heavy atom. The van der Waals surface area contributed by atoms with Crippen LogP contribution in [0, 0.1) is 0 Å². The van der Waals surface area contributed by atoms with E-state index < -0.39 is 10.0 Å². The van der Waals surface area contributed by atoms with Gasteiger partial charge in [-0.15, -0.1) is 0 Å². The summed E-state index contributed by atoms with van der Waals surface area (Å²) in [4.78, 5) is 13.6. The van der Waals surface area contributed by atoms with Crippen molar-refractivity contribution < 1.29 is 18.3 Å². The van der Waals surface area contributed by atoms with Gasteiger partial charge in [0, 0.05) is 70.6 Å². The van der Waals surface area contributed by atoms with Crippen molar-refractivity contribution in [3.8, 4) is 5.19 Å². The fourth-order valence-corrected chi connectivity index (χ4v) is 7.36. The molecule has 0 atom stereocenters. The number of piperidine rings is 1. The Balaban J connectivity index is 1.15. The summed E-state index contributed by atoms with van der Waals surface area (Å²) in [5.41, 5.74) is 1.99. The van der Waals surface area contributed by atoms with Gasteiger partial charge in [0.1, 0.15) is 11.9 Å². The maximum absolute atomic E-state index is 12.5. The van der Waals surface area contributed by atoms with Crippen molar-refractivity contribution in [1.29, 1.82) is 0 Å². The first kappa shape index (κ1) is 26.4. The molecule has 0 radical (unpaired) electrons. The number of rotatable bonds is 9. The fourth-order valence-electron chi connectivity index (χ4n) is 4.79. The number of aliphatic hydroxyl groups excluding tert-OH is 1. The van der Waals surface area contributed by atoms with Gasteiger partial charge in [-0.05, 0) is 43.2 Å². The molecule has 1 N–H and O–H groups in total. The lowest BCUT2D eigenvalue weighted by Crippen LogP contribution is -2.49. The molecule has 5 rings (SSSR count). The molecular weight excluding hydrogens is 534 g/mol. The van der Waals surface area contributed by atoms with E-state index in [0.717, 1.165) is 47.7 Å². The van der Waals surface area contributed by atoms with Crippen molar-refractivity contribution in [1.82, 2.24) is 14.3 Å². The first-order valence-corrected chi connectivity index (χ1v) is 15.5. The number of thiazole rings is 1. The number of hydrogen-bond acceptors (Lipinski definition) is 9. The van der Waals surface area contributed by atoms with Gasteiger partial charge in [-0.25, -0.2) is 18.4 Å². The molecular formula is C25H32ClN5O4S2. The van der Waals surface area contributed by atoms with Gasteiger partial charge in [0.25, 0.3) is 5.19 Å². The summed E-state index contributed by atoms with van der Waals surface area (Å²) in [5.74, 6) is 1.04. The molecule has 2 aliphatic rings. The highest BCUT2D eigenvalue weighted by Crippen LogP contribution is 2.33. The van der Waals surface area contributed by atoms with Crippen LogP contribution in [-0.4, -0.2) is 85.5 Å². The third-order valence-electron chi connectivity index (χ3n) is 6.91. The minimum Gasteiger partial charge on any atom is -0.467 e. The van der Waals surface area contributed by atoms with Gasteiger partial charge in [-0.2, -0.15) is 4.31 Å². The molecule has 1 aromatic carbocycles. The molecule has 12 heteroatoms. The maximum atomic E-state index is 12.5. The zero-order valence-corrected chi connectivity index (χ0v) is 23.0. The Morgan fingerprint density at radius 3 is 2.51 bits per heavy atom. The van der Waals surface area contributed by atoms with Crippen LogP contribution in [0.15, 0.2) is 36.5 Å². The van der Waals surface area contributed by atoms with E-state index in [1.54, 1.807) is 21.8 Å². The molecule has 2 aliphatic heterocycles. The van der Waals surface area contributed by atoms with E-state index in [2.05, 4.69) is 26.9 Å². The highest BCUT2D eigenvalue weighted by Gasteiger charge is 2.27. The number of anilines is 2. The molecule has 0 unspecified atom stereocenters. The summed E-state index contributed by atoms with van der Waals surface area (Å²) in [6, 6.07) is 10.0. The monoisotopic (exact) mass is 565 g/mol. The lowest BCUT2D eigenvalue weighted by atomic mass is 10.1. The molecule has 2 fully saturated rings. The Labute approximate surface area is 226 Å². The van der Waals surface area contributed by atoms with Crippen molar-refractivity contribution in [3.63, 3.8) is 0 Å². The average molecular weight is 566 g/mol. The second-order valence-electron chi connectivity index (χ2n) is 9.40. The van der Waals surface area contributed by atoms with E-state index in [1.807, 2.05) is 18.2 Å². The lowest BCUT2D eigenvalue weighted by Gasteiger charge is -2.35. The van der Waals surface area contributed by atoms with Crippen LogP contribution in [0.3, 0.4) is 0 Å². The fraction of sp³-hybridized carbons (Fsp3) is 0.520. The molecule has 2 aromatic heterocycles. The predicted octanol–water partition coefficient (Wildman–Crippen LogP) is 3.62. The zero-order chi connectivity index (χ0) is 25.8. The summed E-state index contributed by atoms with van der Waals surface area (Å²) in [7, 11) is -3.27. The maximum Gasteiger partial charge on any atom is 0.274 e. The van der Waals surface area contributed by atoms with E-state index >= 15 is 0 Å². The van der Waals surface area contributed by atoms with Crippen LogP contribution in [0.5, 0.6) is 5.19 Å². The number of nitrogens with zero attached hydrogens (tertiary/aromatic N) is 5. The number of pyridine rings is 1. The Morgan fingerprint density at radius 2 is 1.81 bits per heavy atom. The first-order chi connectivity index (χ1) is 17.9. The van der Waals surface area contributed by atoms with Gasteiger partial charge in [0.15, 0.2) is 0 Å². The summed E-state index contributed by atoms with van der Waals surface area (Å²) in [6.07, 6.45) is 4.61. The van der Waals surface area contributed by atoms with E-state index in [-0.39, 0.29) is 18.5 Å². The van der Waals surface area contributed by atoms with E-state index in [0.29, 0.717) is 49.2 Å². The number of halogens is 1. The first-order valence-electron chi connectivity index (χ1n) is 12.7. The van der Waals surface area contributed by atoms with Crippen molar-refractivity contribution in [3.05, 3.63) is 41.6 Å². The largest absolute Gasteiger partial charge is 0.467 e. The summed E-state index contributed by atoms with van der Waals surface area (Å²) in [6.45, 7) is 4.01. The number of hydrogen-bond donors (Lipinski definition) is 1. The quantitative estimate of drug-likeness (QED) is 0.393. The number of fused-ring (bicyclic) bond motifs is 1. The number of ether oxygens (including phenoxy) is 1. The third-order valence-corrected chi connectivity index (χ3v) is 9.99. The Bertz CT molecular complexity index is 1290. The van der Waals surface area contributed by atoms with Crippen LogP contribution < -0.4 is 14.5 Å². The Kier molecular flexibility index (Phi) is 8.35. The van der Waals surface area contributed by atoms with Gasteiger partial charge < -0.3 is 19.6 Å². The smallest absolute Gasteiger partial charge is 0.274 e. The van der Waals surface area contributed by atoms with Crippen LogP contribution in [0.1, 0.15) is 25.7 Å². The van der Waals surface area contributed by atoms with E-state index in [4.69, 9.17) is 26.4 Å². The standard InChI is InChI=1S/C25H32ClN5O4S2/c26-19-3-6-24(27-18-19)30-9-7-21(8-10-30)35-25-28-22-5-4-20(17-23(22)36-25)29-11-13-31(14-12-29)37(33,34)16-2-1-15-32/h3-6,17-18,21,32H,1-2,7-16H2. The predicted molar refractivity (Wildman–Crippen MR) is 149 cm³/mol. The van der Waals surface area contributed by atoms with E-state index in [9.17, 15) is 8.42 Å². The number of piperazine rings is 1. The molecule has 9 nitrogen and oxygen atoms in total. The molecule has 0 aliphatic carbocycles. The van der Waals surface area contributed by atoms with Crippen molar-refractivity contribution >= 4 is 54.7 Å². The number of aliphatic hydroxyl groups is 1. The molecule has 4 heterocycles. The molecule has 2 saturated heterocycles. The SMILES string of the molecule is O=S(=O)(CCCCO)N1CCN(c2ccc3nc(OC4CCN(c5ccc(Cl)cn5)CC4)sc3c2)CC1. The highest BCUT2D eigenvalue weighted by atomic mass is 35.5. The molecule has 3 aromatic rings. The van der Waals surface area contributed by atoms with Crippen LogP contribution in [0.25, 0.3) is 10.2 Å². The van der Waals surface area contributed by atoms with Crippen molar-refractivity contribution in [2.75, 3.05) is 61.4 Å². The molecule has 37 heavy (non-hydrogen) atoms. The molecule has 0 bridgehead atoms. The third kappa shape index (κ3) is 6.46. The van der Waals surface area contributed by atoms with Gasteiger partial charge in [-0.1, -0.05) is 22.9 Å². The number of unbranched alkanes of at least 4 members (excludes halogenated alkanes) is 1. The van der Waals surface area contributed by atoms with Crippen molar-refractivity contribution in [2.45, 2.75) is 31.8 Å².